The summed E-state index contributed by atoms with van der Waals surface area (Å²) < 4.78 is 34.2. The van der Waals surface area contributed by atoms with Gasteiger partial charge in [0.15, 0.2) is 35.2 Å². The molecule has 0 aliphatic carbocycles. The molecular weight excluding hydrogens is 588 g/mol. The van der Waals surface area contributed by atoms with Gasteiger partial charge in [-0.25, -0.2) is 9.78 Å². The minimum Gasteiger partial charge on any atom is -0.464 e. The lowest BCUT2D eigenvalue weighted by Crippen LogP contribution is -2.60. The first-order chi connectivity index (χ1) is 20.4. The summed E-state index contributed by atoms with van der Waals surface area (Å²) in [5.74, 6) is -4.16. The van der Waals surface area contributed by atoms with E-state index in [-0.39, 0.29) is 16.3 Å². The molecule has 1 fully saturated rings. The Kier molecular flexibility index (Phi) is 9.56. The molecule has 0 saturated carbocycles. The number of ether oxygens (including phenoxy) is 6. The fourth-order valence-corrected chi connectivity index (χ4v) is 5.46. The van der Waals surface area contributed by atoms with E-state index in [1.54, 1.807) is 24.3 Å². The number of hydrogen-bond donors (Lipinski definition) is 0. The van der Waals surface area contributed by atoms with Crippen molar-refractivity contribution in [2.45, 2.75) is 58.3 Å². The van der Waals surface area contributed by atoms with Crippen molar-refractivity contribution < 1.29 is 57.2 Å². The van der Waals surface area contributed by atoms with Crippen LogP contribution in [0.4, 0.5) is 0 Å². The van der Waals surface area contributed by atoms with Crippen molar-refractivity contribution in [3.8, 4) is 0 Å². The fourth-order valence-electron chi connectivity index (χ4n) is 4.72. The first-order valence-electron chi connectivity index (χ1n) is 12.9. The van der Waals surface area contributed by atoms with Crippen molar-refractivity contribution >= 4 is 57.9 Å². The summed E-state index contributed by atoms with van der Waals surface area (Å²) in [6.45, 7) is 4.16. The molecule has 0 bridgehead atoms. The van der Waals surface area contributed by atoms with E-state index in [0.29, 0.717) is 10.9 Å². The fraction of sp³-hybridized carbons (Fsp3) is 0.393. The molecule has 0 amide bonds. The Morgan fingerprint density at radius 1 is 0.884 bits per heavy atom. The van der Waals surface area contributed by atoms with Gasteiger partial charge in [0.25, 0.3) is 0 Å². The Balaban J connectivity index is 1.86. The molecule has 4 rings (SSSR count). The lowest BCUT2D eigenvalue weighted by molar-refractivity contribution is -0.267. The molecule has 1 aromatic carbocycles. The number of esters is 5. The predicted molar refractivity (Wildman–Crippen MR) is 146 cm³/mol. The van der Waals surface area contributed by atoms with Crippen LogP contribution in [-0.2, 0) is 47.6 Å². The molecule has 0 spiro atoms. The second-order valence-corrected chi connectivity index (χ2v) is 10.3. The number of ketones is 1. The van der Waals surface area contributed by atoms with Crippen LogP contribution in [0.25, 0.3) is 10.9 Å². The SMILES string of the molecule is COC(=O)c1csc(C(=O)c2cn(C3OC(COC(C)=O)C(OC(C)=O)C(OC(C)=O)C3OC(C)=O)c3ccccc23)n1. The molecule has 5 unspecified atom stereocenters. The van der Waals surface area contributed by atoms with Gasteiger partial charge in [-0.1, -0.05) is 18.2 Å². The van der Waals surface area contributed by atoms with Crippen LogP contribution in [0.1, 0.15) is 59.8 Å². The molecule has 0 radical (unpaired) electrons. The summed E-state index contributed by atoms with van der Waals surface area (Å²) in [7, 11) is 1.20. The third-order valence-electron chi connectivity index (χ3n) is 6.32. The van der Waals surface area contributed by atoms with Crippen LogP contribution in [0.3, 0.4) is 0 Å². The number of para-hydroxylation sites is 1. The highest BCUT2D eigenvalue weighted by Gasteiger charge is 2.53. The van der Waals surface area contributed by atoms with Crippen LogP contribution in [0.15, 0.2) is 35.8 Å². The highest BCUT2D eigenvalue weighted by molar-refractivity contribution is 7.12. The van der Waals surface area contributed by atoms with Gasteiger partial charge in [0.2, 0.25) is 5.78 Å². The molecular formula is C28H28N2O12S. The van der Waals surface area contributed by atoms with Gasteiger partial charge < -0.3 is 33.0 Å². The minimum atomic E-state index is -1.40. The molecule has 3 aromatic rings. The topological polar surface area (TPSA) is 176 Å². The van der Waals surface area contributed by atoms with Crippen molar-refractivity contribution in [2.24, 2.45) is 0 Å². The molecule has 3 heterocycles. The van der Waals surface area contributed by atoms with E-state index in [1.807, 2.05) is 0 Å². The first-order valence-corrected chi connectivity index (χ1v) is 13.8. The first kappa shape index (κ1) is 31.3. The van der Waals surface area contributed by atoms with Gasteiger partial charge in [-0.2, -0.15) is 0 Å². The smallest absolute Gasteiger partial charge is 0.357 e. The molecule has 14 nitrogen and oxygen atoms in total. The third kappa shape index (κ3) is 6.89. The zero-order valence-corrected chi connectivity index (χ0v) is 24.6. The number of hydrogen-bond acceptors (Lipinski definition) is 14. The summed E-state index contributed by atoms with van der Waals surface area (Å²) in [6.07, 6.45) is -5.12. The van der Waals surface area contributed by atoms with Crippen molar-refractivity contribution in [3.63, 3.8) is 0 Å². The van der Waals surface area contributed by atoms with Gasteiger partial charge in [-0.3, -0.25) is 24.0 Å². The number of nitrogens with zero attached hydrogens (tertiary/aromatic N) is 2. The zero-order valence-electron chi connectivity index (χ0n) is 23.8. The number of carbonyl (C=O) groups is 6. The summed E-state index contributed by atoms with van der Waals surface area (Å²) in [6, 6.07) is 6.77. The van der Waals surface area contributed by atoms with E-state index in [0.717, 1.165) is 32.1 Å². The quantitative estimate of drug-likeness (QED) is 0.195. The van der Waals surface area contributed by atoms with Crippen LogP contribution in [0.2, 0.25) is 0 Å². The summed E-state index contributed by atoms with van der Waals surface area (Å²) in [5.41, 5.74) is 0.602. The van der Waals surface area contributed by atoms with E-state index in [4.69, 9.17) is 23.7 Å². The Hall–Kier alpha value is -4.63. The number of fused-ring (bicyclic) bond motifs is 1. The molecule has 228 valence electrons. The van der Waals surface area contributed by atoms with Crippen molar-refractivity contribution in [1.82, 2.24) is 9.55 Å². The van der Waals surface area contributed by atoms with E-state index in [9.17, 15) is 28.8 Å². The molecule has 1 saturated heterocycles. The molecule has 2 aromatic heterocycles. The monoisotopic (exact) mass is 616 g/mol. The Bertz CT molecular complexity index is 1580. The third-order valence-corrected chi connectivity index (χ3v) is 7.16. The summed E-state index contributed by atoms with van der Waals surface area (Å²) >= 11 is 0.956. The van der Waals surface area contributed by atoms with E-state index in [1.165, 1.54) is 30.2 Å². The van der Waals surface area contributed by atoms with Gasteiger partial charge in [-0.05, 0) is 6.07 Å². The molecule has 43 heavy (non-hydrogen) atoms. The van der Waals surface area contributed by atoms with Crippen molar-refractivity contribution in [3.05, 3.63) is 52.1 Å². The highest BCUT2D eigenvalue weighted by Crippen LogP contribution is 2.38. The van der Waals surface area contributed by atoms with E-state index in [2.05, 4.69) is 9.72 Å². The summed E-state index contributed by atoms with van der Waals surface area (Å²) in [4.78, 5) is 77.9. The normalized spacial score (nSPS) is 21.5. The lowest BCUT2D eigenvalue weighted by Gasteiger charge is -2.44. The molecule has 1 aliphatic rings. The Morgan fingerprint density at radius 2 is 1.51 bits per heavy atom. The number of thiazole rings is 1. The minimum absolute atomic E-state index is 0.0184. The highest BCUT2D eigenvalue weighted by atomic mass is 32.1. The Morgan fingerprint density at radius 3 is 2.14 bits per heavy atom. The molecule has 15 heteroatoms. The summed E-state index contributed by atoms with van der Waals surface area (Å²) in [5, 5.41) is 1.89. The Labute approximate surface area is 248 Å². The van der Waals surface area contributed by atoms with Gasteiger partial charge in [0, 0.05) is 44.7 Å². The molecule has 0 N–H and O–H groups in total. The van der Waals surface area contributed by atoms with Crippen LogP contribution in [0.5, 0.6) is 0 Å². The van der Waals surface area contributed by atoms with Gasteiger partial charge in [-0.15, -0.1) is 11.3 Å². The van der Waals surface area contributed by atoms with Gasteiger partial charge >= 0.3 is 29.8 Å². The number of carbonyl (C=O) groups excluding carboxylic acids is 6. The average molecular weight is 617 g/mol. The lowest BCUT2D eigenvalue weighted by atomic mass is 9.97. The predicted octanol–water partition coefficient (Wildman–Crippen LogP) is 2.37. The molecule has 5 atom stereocenters. The molecule has 1 aliphatic heterocycles. The number of benzene rings is 1. The van der Waals surface area contributed by atoms with Crippen LogP contribution < -0.4 is 0 Å². The number of methoxy groups -OCH3 is 1. The van der Waals surface area contributed by atoms with Gasteiger partial charge in [0.05, 0.1) is 18.2 Å². The van der Waals surface area contributed by atoms with Gasteiger partial charge in [0.1, 0.15) is 12.7 Å². The zero-order chi connectivity index (χ0) is 31.4. The van der Waals surface area contributed by atoms with Crippen molar-refractivity contribution in [2.75, 3.05) is 13.7 Å². The van der Waals surface area contributed by atoms with Crippen LogP contribution >= 0.6 is 11.3 Å². The van der Waals surface area contributed by atoms with E-state index < -0.39 is 72.9 Å². The van der Waals surface area contributed by atoms with Crippen LogP contribution in [0, 0.1) is 0 Å². The maximum absolute atomic E-state index is 13.6. The maximum Gasteiger partial charge on any atom is 0.357 e. The average Bonchev–Trinajstić information content (AvgIpc) is 3.59. The van der Waals surface area contributed by atoms with Crippen LogP contribution in [-0.4, -0.2) is 83.3 Å². The maximum atomic E-state index is 13.6. The standard InChI is InChI=1S/C28H28N2O12S/c1-13(31)38-11-21-23(39-14(2)32)24(40-15(3)33)25(41-16(4)34)27(42-21)30-10-18(17-8-6-7-9-20(17)30)22(35)26-29-19(12-43-26)28(36)37-5/h6-10,12,21,23-25,27H,11H2,1-5H3. The largest absolute Gasteiger partial charge is 0.464 e. The second-order valence-electron chi connectivity index (χ2n) is 9.42. The number of rotatable bonds is 9. The second kappa shape index (κ2) is 13.1. The van der Waals surface area contributed by atoms with E-state index >= 15 is 0 Å². The van der Waals surface area contributed by atoms with Crippen molar-refractivity contribution in [1.29, 1.82) is 0 Å². The number of aromatic nitrogens is 2.